The normalized spacial score (nSPS) is 12.5. The molecule has 3 rings (SSSR count). The van der Waals surface area contributed by atoms with Crippen molar-refractivity contribution < 1.29 is 0 Å². The number of anilines is 1. The van der Waals surface area contributed by atoms with Gasteiger partial charge in [-0.3, -0.25) is 4.79 Å². The van der Waals surface area contributed by atoms with Crippen molar-refractivity contribution in [2.45, 2.75) is 13.0 Å². The molecular weight excluding hydrogens is 240 g/mol. The lowest BCUT2D eigenvalue weighted by Crippen LogP contribution is -2.14. The Hall–Kier alpha value is -2.56. The number of nitrogens with one attached hydrogen (secondary N) is 3. The summed E-state index contributed by atoms with van der Waals surface area (Å²) in [4.78, 5) is 22.0. The molecule has 0 saturated heterocycles. The number of imidazole rings is 1. The van der Waals surface area contributed by atoms with Gasteiger partial charge in [0.15, 0.2) is 0 Å². The fourth-order valence-corrected chi connectivity index (χ4v) is 2.10. The first-order chi connectivity index (χ1) is 9.24. The Balaban J connectivity index is 1.95. The molecule has 5 nitrogen and oxygen atoms in total. The van der Waals surface area contributed by atoms with E-state index in [2.05, 4.69) is 20.3 Å². The molecule has 0 bridgehead atoms. The zero-order chi connectivity index (χ0) is 13.2. The fraction of sp³-hybridized carbons (Fsp3) is 0.143. The summed E-state index contributed by atoms with van der Waals surface area (Å²) in [6.45, 7) is 1.98. The highest BCUT2D eigenvalue weighted by Crippen LogP contribution is 2.17. The Morgan fingerprint density at radius 3 is 2.95 bits per heavy atom. The zero-order valence-corrected chi connectivity index (χ0v) is 10.5. The molecule has 5 heteroatoms. The van der Waals surface area contributed by atoms with Gasteiger partial charge in [-0.05, 0) is 24.4 Å². The smallest absolute Gasteiger partial charge is 0.257 e. The predicted molar refractivity (Wildman–Crippen MR) is 75.2 cm³/mol. The second-order valence-corrected chi connectivity index (χ2v) is 4.44. The SMILES string of the molecule is CC(Nc1cc2ccccc2c(=O)[nH]1)c1ncc[nH]1. The second kappa shape index (κ2) is 4.61. The molecule has 0 amide bonds. The maximum absolute atomic E-state index is 11.9. The van der Waals surface area contributed by atoms with Crippen LogP contribution in [0.15, 0.2) is 47.5 Å². The zero-order valence-electron chi connectivity index (χ0n) is 10.5. The average molecular weight is 254 g/mol. The average Bonchev–Trinajstić information content (AvgIpc) is 2.93. The molecular formula is C14H14N4O. The van der Waals surface area contributed by atoms with E-state index >= 15 is 0 Å². The highest BCUT2D eigenvalue weighted by atomic mass is 16.1. The van der Waals surface area contributed by atoms with Crippen LogP contribution in [0.2, 0.25) is 0 Å². The van der Waals surface area contributed by atoms with Crippen LogP contribution in [0.25, 0.3) is 10.8 Å². The third-order valence-electron chi connectivity index (χ3n) is 3.05. The molecule has 1 atom stereocenters. The van der Waals surface area contributed by atoms with E-state index in [1.807, 2.05) is 37.3 Å². The van der Waals surface area contributed by atoms with Gasteiger partial charge in [0.1, 0.15) is 11.6 Å². The minimum absolute atomic E-state index is 0.00758. The molecule has 96 valence electrons. The van der Waals surface area contributed by atoms with Crippen LogP contribution in [0.3, 0.4) is 0 Å². The van der Waals surface area contributed by atoms with Gasteiger partial charge < -0.3 is 15.3 Å². The maximum Gasteiger partial charge on any atom is 0.257 e. The first-order valence-corrected chi connectivity index (χ1v) is 6.12. The first-order valence-electron chi connectivity index (χ1n) is 6.12. The van der Waals surface area contributed by atoms with Crippen LogP contribution in [-0.4, -0.2) is 15.0 Å². The number of H-pyrrole nitrogens is 2. The van der Waals surface area contributed by atoms with Gasteiger partial charge in [-0.15, -0.1) is 0 Å². The van der Waals surface area contributed by atoms with Gasteiger partial charge >= 0.3 is 0 Å². The van der Waals surface area contributed by atoms with Crippen LogP contribution in [0.5, 0.6) is 0 Å². The van der Waals surface area contributed by atoms with Gasteiger partial charge in [-0.1, -0.05) is 18.2 Å². The Morgan fingerprint density at radius 2 is 2.16 bits per heavy atom. The summed E-state index contributed by atoms with van der Waals surface area (Å²) in [5.74, 6) is 1.52. The van der Waals surface area contributed by atoms with Crippen molar-refractivity contribution in [1.29, 1.82) is 0 Å². The quantitative estimate of drug-likeness (QED) is 0.672. The minimum atomic E-state index is -0.0905. The van der Waals surface area contributed by atoms with Crippen molar-refractivity contribution in [3.8, 4) is 0 Å². The lowest BCUT2D eigenvalue weighted by atomic mass is 10.2. The monoisotopic (exact) mass is 254 g/mol. The molecule has 0 aliphatic heterocycles. The molecule has 0 fully saturated rings. The molecule has 0 aliphatic carbocycles. The highest BCUT2D eigenvalue weighted by Gasteiger charge is 2.08. The number of pyridine rings is 1. The van der Waals surface area contributed by atoms with E-state index in [0.29, 0.717) is 11.2 Å². The van der Waals surface area contributed by atoms with E-state index < -0.39 is 0 Å². The molecule has 0 aliphatic rings. The number of hydrogen-bond donors (Lipinski definition) is 3. The van der Waals surface area contributed by atoms with Crippen molar-refractivity contribution in [2.24, 2.45) is 0 Å². The van der Waals surface area contributed by atoms with Gasteiger partial charge in [0, 0.05) is 17.8 Å². The van der Waals surface area contributed by atoms with E-state index in [1.54, 1.807) is 12.4 Å². The summed E-state index contributed by atoms with van der Waals surface area (Å²) in [7, 11) is 0. The first kappa shape index (κ1) is 11.5. The molecule has 2 heterocycles. The van der Waals surface area contributed by atoms with Crippen LogP contribution >= 0.6 is 0 Å². The number of benzene rings is 1. The van der Waals surface area contributed by atoms with Crippen LogP contribution < -0.4 is 10.9 Å². The van der Waals surface area contributed by atoms with Crippen LogP contribution in [-0.2, 0) is 0 Å². The third kappa shape index (κ3) is 2.22. The van der Waals surface area contributed by atoms with Crippen molar-refractivity contribution >= 4 is 16.6 Å². The number of aromatic amines is 2. The van der Waals surface area contributed by atoms with E-state index in [9.17, 15) is 4.79 Å². The summed E-state index contributed by atoms with van der Waals surface area (Å²) >= 11 is 0. The van der Waals surface area contributed by atoms with Crippen LogP contribution in [0, 0.1) is 0 Å². The van der Waals surface area contributed by atoms with E-state index in [1.165, 1.54) is 0 Å². The summed E-state index contributed by atoms with van der Waals surface area (Å²) in [6.07, 6.45) is 3.48. The molecule has 0 radical (unpaired) electrons. The Labute approximate surface area is 109 Å². The highest BCUT2D eigenvalue weighted by molar-refractivity contribution is 5.83. The fourth-order valence-electron chi connectivity index (χ4n) is 2.10. The molecule has 1 aromatic carbocycles. The van der Waals surface area contributed by atoms with Crippen LogP contribution in [0.1, 0.15) is 18.8 Å². The van der Waals surface area contributed by atoms with Gasteiger partial charge in [-0.2, -0.15) is 0 Å². The number of rotatable bonds is 3. The lowest BCUT2D eigenvalue weighted by molar-refractivity contribution is 0.803. The van der Waals surface area contributed by atoms with Crippen LogP contribution in [0.4, 0.5) is 5.82 Å². The number of fused-ring (bicyclic) bond motifs is 1. The van der Waals surface area contributed by atoms with E-state index in [0.717, 1.165) is 11.2 Å². The Morgan fingerprint density at radius 1 is 1.32 bits per heavy atom. The maximum atomic E-state index is 11.9. The van der Waals surface area contributed by atoms with Crippen molar-refractivity contribution in [1.82, 2.24) is 15.0 Å². The second-order valence-electron chi connectivity index (χ2n) is 4.44. The van der Waals surface area contributed by atoms with Gasteiger partial charge in [-0.25, -0.2) is 4.98 Å². The molecule has 0 saturated carbocycles. The summed E-state index contributed by atoms with van der Waals surface area (Å²) < 4.78 is 0. The standard InChI is InChI=1S/C14H14N4O/c1-9(13-15-6-7-16-13)17-12-8-10-4-2-3-5-11(10)14(19)18-12/h2-9H,1H3,(H,15,16)(H2,17,18,19). The van der Waals surface area contributed by atoms with Crippen molar-refractivity contribution in [3.63, 3.8) is 0 Å². The van der Waals surface area contributed by atoms with Crippen molar-refractivity contribution in [3.05, 3.63) is 58.9 Å². The van der Waals surface area contributed by atoms with Gasteiger partial charge in [0.2, 0.25) is 0 Å². The molecule has 19 heavy (non-hydrogen) atoms. The summed E-state index contributed by atoms with van der Waals surface area (Å²) in [5.41, 5.74) is -0.0905. The predicted octanol–water partition coefficient (Wildman–Crippen LogP) is 2.42. The molecule has 3 aromatic rings. The Kier molecular flexibility index (Phi) is 2.79. The van der Waals surface area contributed by atoms with Gasteiger partial charge in [0.05, 0.1) is 6.04 Å². The van der Waals surface area contributed by atoms with E-state index in [-0.39, 0.29) is 11.6 Å². The van der Waals surface area contributed by atoms with Gasteiger partial charge in [0.25, 0.3) is 5.56 Å². The summed E-state index contributed by atoms with van der Waals surface area (Å²) in [6, 6.07) is 9.43. The topological polar surface area (TPSA) is 73.6 Å². The molecule has 0 spiro atoms. The molecule has 2 aromatic heterocycles. The number of hydrogen-bond acceptors (Lipinski definition) is 3. The lowest BCUT2D eigenvalue weighted by Gasteiger charge is -2.13. The number of nitrogens with zero attached hydrogens (tertiary/aromatic N) is 1. The minimum Gasteiger partial charge on any atom is -0.362 e. The molecule has 3 N–H and O–H groups in total. The largest absolute Gasteiger partial charge is 0.362 e. The van der Waals surface area contributed by atoms with E-state index in [4.69, 9.17) is 0 Å². The number of aromatic nitrogens is 3. The molecule has 1 unspecified atom stereocenters. The van der Waals surface area contributed by atoms with Crippen molar-refractivity contribution in [2.75, 3.05) is 5.32 Å². The third-order valence-corrected chi connectivity index (χ3v) is 3.05. The summed E-state index contributed by atoms with van der Waals surface area (Å²) in [5, 5.41) is 4.84. The Bertz CT molecular complexity index is 745.